The van der Waals surface area contributed by atoms with Crippen LogP contribution in [0.4, 0.5) is 0 Å². The van der Waals surface area contributed by atoms with Gasteiger partial charge >= 0.3 is 0 Å². The van der Waals surface area contributed by atoms with Gasteiger partial charge in [0.15, 0.2) is 5.17 Å². The van der Waals surface area contributed by atoms with Crippen LogP contribution in [0.25, 0.3) is 6.08 Å². The highest BCUT2D eigenvalue weighted by molar-refractivity contribution is 8.17. The fourth-order valence-corrected chi connectivity index (χ4v) is 3.78. The highest BCUT2D eigenvalue weighted by Gasteiger charge is 2.32. The first-order valence-corrected chi connectivity index (χ1v) is 9.69. The molecule has 140 valence electrons. The Bertz CT molecular complexity index is 1050. The summed E-state index contributed by atoms with van der Waals surface area (Å²) < 4.78 is 5.86. The standard InChI is InChI=1S/C22H19N3O2S/c1-14-5-3-4-6-17(14)13-27-18-9-7-16(8-10-18)11-19-20(23)25-12-15(2)28-22(25)24-21(19)26/h3-12,23H,13H2,1-2H3/b19-11+,23-20?. The molecule has 2 heterocycles. The van der Waals surface area contributed by atoms with Crippen molar-refractivity contribution in [1.29, 1.82) is 5.41 Å². The summed E-state index contributed by atoms with van der Waals surface area (Å²) in [5.41, 5.74) is 3.45. The number of rotatable bonds is 4. The van der Waals surface area contributed by atoms with Gasteiger partial charge in [-0.25, -0.2) is 0 Å². The Morgan fingerprint density at radius 1 is 1.14 bits per heavy atom. The summed E-state index contributed by atoms with van der Waals surface area (Å²) in [4.78, 5) is 19.1. The fraction of sp³-hybridized carbons (Fsp3) is 0.136. The van der Waals surface area contributed by atoms with E-state index in [-0.39, 0.29) is 17.3 Å². The van der Waals surface area contributed by atoms with E-state index >= 15 is 0 Å². The minimum Gasteiger partial charge on any atom is -0.489 e. The fourth-order valence-electron chi connectivity index (χ4n) is 2.96. The van der Waals surface area contributed by atoms with E-state index < -0.39 is 0 Å². The molecule has 2 aromatic carbocycles. The van der Waals surface area contributed by atoms with E-state index in [4.69, 9.17) is 10.1 Å². The van der Waals surface area contributed by atoms with Crippen LogP contribution in [-0.2, 0) is 11.4 Å². The van der Waals surface area contributed by atoms with E-state index in [0.717, 1.165) is 21.8 Å². The number of allylic oxidation sites excluding steroid dienone is 1. The first-order chi connectivity index (χ1) is 13.5. The number of benzene rings is 2. The van der Waals surface area contributed by atoms with E-state index in [2.05, 4.69) is 24.0 Å². The molecule has 2 aliphatic rings. The lowest BCUT2D eigenvalue weighted by atomic mass is 10.1. The SMILES string of the molecule is CC1=CN2C(=N)/C(=C\c3ccc(OCc4ccccc4C)cc3)C(=O)N=C2S1. The predicted molar refractivity (Wildman–Crippen MR) is 113 cm³/mol. The lowest BCUT2D eigenvalue weighted by Gasteiger charge is -2.22. The maximum absolute atomic E-state index is 12.3. The Kier molecular flexibility index (Phi) is 4.88. The molecule has 28 heavy (non-hydrogen) atoms. The van der Waals surface area contributed by atoms with Crippen LogP contribution >= 0.6 is 11.8 Å². The number of carbonyl (C=O) groups excluding carboxylic acids is 1. The van der Waals surface area contributed by atoms with Gasteiger partial charge in [0, 0.05) is 11.1 Å². The van der Waals surface area contributed by atoms with Gasteiger partial charge in [0.25, 0.3) is 5.91 Å². The van der Waals surface area contributed by atoms with Crippen LogP contribution in [0, 0.1) is 12.3 Å². The van der Waals surface area contributed by atoms with Crippen molar-refractivity contribution in [2.24, 2.45) is 4.99 Å². The minimum atomic E-state index is -0.383. The number of aliphatic imine (C=N–C) groups is 1. The number of nitrogens with one attached hydrogen (secondary N) is 1. The first kappa shape index (κ1) is 18.3. The van der Waals surface area contributed by atoms with Crippen molar-refractivity contribution in [3.63, 3.8) is 0 Å². The third-order valence-corrected chi connectivity index (χ3v) is 5.44. The van der Waals surface area contributed by atoms with E-state index in [1.165, 1.54) is 17.3 Å². The summed E-state index contributed by atoms with van der Waals surface area (Å²) in [7, 11) is 0. The molecule has 0 bridgehead atoms. The molecule has 2 aliphatic heterocycles. The molecule has 1 N–H and O–H groups in total. The number of hydrogen-bond acceptors (Lipinski definition) is 4. The van der Waals surface area contributed by atoms with Gasteiger partial charge in [0.05, 0.1) is 5.57 Å². The number of hydrogen-bond donors (Lipinski definition) is 1. The molecule has 5 nitrogen and oxygen atoms in total. The summed E-state index contributed by atoms with van der Waals surface area (Å²) >= 11 is 1.40. The molecule has 6 heteroatoms. The van der Waals surface area contributed by atoms with E-state index in [0.29, 0.717) is 11.8 Å². The first-order valence-electron chi connectivity index (χ1n) is 8.88. The third-order valence-electron chi connectivity index (χ3n) is 4.54. The Morgan fingerprint density at radius 2 is 1.89 bits per heavy atom. The molecule has 1 amide bonds. The van der Waals surface area contributed by atoms with Crippen molar-refractivity contribution in [2.45, 2.75) is 20.5 Å². The molecule has 2 aromatic rings. The van der Waals surface area contributed by atoms with Crippen LogP contribution < -0.4 is 4.74 Å². The summed E-state index contributed by atoms with van der Waals surface area (Å²) in [5, 5.41) is 8.89. The van der Waals surface area contributed by atoms with Crippen LogP contribution in [0.5, 0.6) is 5.75 Å². The van der Waals surface area contributed by atoms with Crippen LogP contribution in [0.3, 0.4) is 0 Å². The number of aryl methyl sites for hydroxylation is 1. The third kappa shape index (κ3) is 3.64. The van der Waals surface area contributed by atoms with Crippen molar-refractivity contribution >= 4 is 34.7 Å². The van der Waals surface area contributed by atoms with E-state index in [9.17, 15) is 4.79 Å². The van der Waals surface area contributed by atoms with Crippen LogP contribution in [0.1, 0.15) is 23.6 Å². The van der Waals surface area contributed by atoms with Crippen LogP contribution in [0.15, 0.2) is 70.2 Å². The van der Waals surface area contributed by atoms with E-state index in [1.54, 1.807) is 11.0 Å². The molecule has 0 fully saturated rings. The van der Waals surface area contributed by atoms with Crippen molar-refractivity contribution in [3.8, 4) is 5.75 Å². The number of ether oxygens (including phenoxy) is 1. The summed E-state index contributed by atoms with van der Waals surface area (Å²) in [5.74, 6) is 0.524. The number of amidine groups is 2. The largest absolute Gasteiger partial charge is 0.489 e. The highest BCUT2D eigenvalue weighted by Crippen LogP contribution is 2.32. The zero-order valence-electron chi connectivity index (χ0n) is 15.6. The Hall–Kier alpha value is -3.12. The second-order valence-corrected chi connectivity index (χ2v) is 7.82. The quantitative estimate of drug-likeness (QED) is 0.767. The molecule has 0 spiro atoms. The molecule has 0 aliphatic carbocycles. The van der Waals surface area contributed by atoms with E-state index in [1.807, 2.05) is 49.5 Å². The highest BCUT2D eigenvalue weighted by atomic mass is 32.2. The van der Waals surface area contributed by atoms with Gasteiger partial charge < -0.3 is 4.74 Å². The van der Waals surface area contributed by atoms with Gasteiger partial charge in [0.1, 0.15) is 18.2 Å². The van der Waals surface area contributed by atoms with Crippen molar-refractivity contribution in [3.05, 3.63) is 81.9 Å². The average Bonchev–Trinajstić information content (AvgIpc) is 3.06. The molecule has 0 saturated heterocycles. The minimum absolute atomic E-state index is 0.152. The molecular weight excluding hydrogens is 370 g/mol. The zero-order chi connectivity index (χ0) is 19.7. The van der Waals surface area contributed by atoms with Crippen LogP contribution in [0.2, 0.25) is 0 Å². The van der Waals surface area contributed by atoms with Gasteiger partial charge in [0.2, 0.25) is 0 Å². The van der Waals surface area contributed by atoms with Gasteiger partial charge in [-0.3, -0.25) is 15.1 Å². The molecule has 0 saturated carbocycles. The molecule has 0 aromatic heterocycles. The monoisotopic (exact) mass is 389 g/mol. The van der Waals surface area contributed by atoms with Gasteiger partial charge in [-0.15, -0.1) is 0 Å². The molecular formula is C22H19N3O2S. The molecule has 4 rings (SSSR count). The van der Waals surface area contributed by atoms with Crippen molar-refractivity contribution < 1.29 is 9.53 Å². The van der Waals surface area contributed by atoms with Crippen molar-refractivity contribution in [2.75, 3.05) is 0 Å². The smallest absolute Gasteiger partial charge is 0.283 e. The maximum Gasteiger partial charge on any atom is 0.283 e. The van der Waals surface area contributed by atoms with Gasteiger partial charge in [-0.05, 0) is 48.7 Å². The maximum atomic E-state index is 12.3. The van der Waals surface area contributed by atoms with Crippen LogP contribution in [-0.4, -0.2) is 21.8 Å². The number of thioether (sulfide) groups is 1. The summed E-state index contributed by atoms with van der Waals surface area (Å²) in [6.45, 7) is 4.50. The number of fused-ring (bicyclic) bond motifs is 1. The van der Waals surface area contributed by atoms with Gasteiger partial charge in [-0.2, -0.15) is 4.99 Å². The Balaban J connectivity index is 1.49. The Labute approximate surface area is 167 Å². The lowest BCUT2D eigenvalue weighted by Crippen LogP contribution is -2.35. The van der Waals surface area contributed by atoms with Crippen molar-refractivity contribution in [1.82, 2.24) is 4.90 Å². The number of carbonyl (C=O) groups is 1. The number of nitrogens with zero attached hydrogens (tertiary/aromatic N) is 2. The number of amides is 1. The lowest BCUT2D eigenvalue weighted by molar-refractivity contribution is -0.114. The normalized spacial score (nSPS) is 17.5. The predicted octanol–water partition coefficient (Wildman–Crippen LogP) is 4.74. The zero-order valence-corrected chi connectivity index (χ0v) is 16.4. The average molecular weight is 389 g/mol. The second kappa shape index (κ2) is 7.48. The molecule has 0 unspecified atom stereocenters. The summed E-state index contributed by atoms with van der Waals surface area (Å²) in [6.07, 6.45) is 3.52. The second-order valence-electron chi connectivity index (χ2n) is 6.60. The van der Waals surface area contributed by atoms with Gasteiger partial charge in [-0.1, -0.05) is 48.2 Å². The summed E-state index contributed by atoms with van der Waals surface area (Å²) in [6, 6.07) is 15.6. The molecule has 0 atom stereocenters. The Morgan fingerprint density at radius 3 is 2.64 bits per heavy atom. The topological polar surface area (TPSA) is 65.8 Å². The molecule has 0 radical (unpaired) electrons.